The molecular formula is C10H11F3N2O2. The number of ether oxygens (including phenoxy) is 1. The normalized spacial score (nSPS) is 11.1. The van der Waals surface area contributed by atoms with E-state index in [0.717, 1.165) is 0 Å². The average Bonchev–Trinajstić information content (AvgIpc) is 2.24. The molecule has 0 unspecified atom stereocenters. The van der Waals surface area contributed by atoms with Crippen LogP contribution in [-0.4, -0.2) is 19.2 Å². The second-order valence-electron chi connectivity index (χ2n) is 3.25. The van der Waals surface area contributed by atoms with Crippen molar-refractivity contribution in [2.45, 2.75) is 12.7 Å². The maximum atomic E-state index is 11.9. The third-order valence-electron chi connectivity index (χ3n) is 2.00. The number of alkyl halides is 3. The Balaban J connectivity index is 2.75. The first-order valence-corrected chi connectivity index (χ1v) is 4.62. The van der Waals surface area contributed by atoms with E-state index in [0.29, 0.717) is 17.0 Å². The number of carbonyl (C=O) groups is 1. The van der Waals surface area contributed by atoms with Crippen molar-refractivity contribution in [2.24, 2.45) is 0 Å². The summed E-state index contributed by atoms with van der Waals surface area (Å²) in [5, 5.41) is 1.74. The molecule has 17 heavy (non-hydrogen) atoms. The molecule has 0 aromatic heterocycles. The van der Waals surface area contributed by atoms with Crippen molar-refractivity contribution in [1.29, 1.82) is 0 Å². The summed E-state index contributed by atoms with van der Waals surface area (Å²) in [5.41, 5.74) is 6.24. The van der Waals surface area contributed by atoms with E-state index in [1.54, 1.807) is 11.4 Å². The first kappa shape index (κ1) is 13.1. The van der Waals surface area contributed by atoms with Gasteiger partial charge in [0, 0.05) is 17.8 Å². The fourth-order valence-electron chi connectivity index (χ4n) is 1.21. The summed E-state index contributed by atoms with van der Waals surface area (Å²) >= 11 is 0. The topological polar surface area (TPSA) is 64.3 Å². The van der Waals surface area contributed by atoms with Crippen LogP contribution in [0.25, 0.3) is 0 Å². The Morgan fingerprint density at radius 2 is 2.12 bits per heavy atom. The van der Waals surface area contributed by atoms with Gasteiger partial charge in [0.25, 0.3) is 0 Å². The molecule has 0 aliphatic heterocycles. The van der Waals surface area contributed by atoms with Crippen LogP contribution in [0.5, 0.6) is 5.75 Å². The van der Waals surface area contributed by atoms with Gasteiger partial charge in [0.2, 0.25) is 0 Å². The molecule has 1 amide bonds. The summed E-state index contributed by atoms with van der Waals surface area (Å²) in [6.07, 6.45) is -4.90. The number of benzene rings is 1. The van der Waals surface area contributed by atoms with E-state index < -0.39 is 12.1 Å². The molecule has 0 fully saturated rings. The summed E-state index contributed by atoms with van der Waals surface area (Å²) in [4.78, 5) is 10.6. The predicted molar refractivity (Wildman–Crippen MR) is 55.3 cm³/mol. The SMILES string of the molecule is COc1ccc(N)cc1CNC(=O)C(F)(F)F. The molecule has 1 aromatic rings. The highest BCUT2D eigenvalue weighted by molar-refractivity contribution is 5.81. The van der Waals surface area contributed by atoms with Gasteiger partial charge in [-0.15, -0.1) is 0 Å². The smallest absolute Gasteiger partial charge is 0.471 e. The Kier molecular flexibility index (Phi) is 3.82. The number of halogens is 3. The molecule has 7 heteroatoms. The van der Waals surface area contributed by atoms with Crippen molar-refractivity contribution >= 4 is 11.6 Å². The zero-order valence-corrected chi connectivity index (χ0v) is 8.97. The minimum absolute atomic E-state index is 0.299. The maximum Gasteiger partial charge on any atom is 0.471 e. The number of nitrogens with one attached hydrogen (secondary N) is 1. The highest BCUT2D eigenvalue weighted by atomic mass is 19.4. The number of nitrogen functional groups attached to an aromatic ring is 1. The highest BCUT2D eigenvalue weighted by Gasteiger charge is 2.38. The monoisotopic (exact) mass is 248 g/mol. The Labute approximate surface area is 95.6 Å². The molecule has 1 rings (SSSR count). The van der Waals surface area contributed by atoms with Gasteiger partial charge in [0.15, 0.2) is 0 Å². The van der Waals surface area contributed by atoms with Gasteiger partial charge in [-0.25, -0.2) is 0 Å². The lowest BCUT2D eigenvalue weighted by molar-refractivity contribution is -0.173. The van der Waals surface area contributed by atoms with E-state index in [1.807, 2.05) is 0 Å². The second-order valence-corrected chi connectivity index (χ2v) is 3.25. The minimum Gasteiger partial charge on any atom is -0.496 e. The van der Waals surface area contributed by atoms with Crippen molar-refractivity contribution in [2.75, 3.05) is 12.8 Å². The zero-order valence-electron chi connectivity index (χ0n) is 8.97. The quantitative estimate of drug-likeness (QED) is 0.796. The lowest BCUT2D eigenvalue weighted by atomic mass is 10.1. The standard InChI is InChI=1S/C10H11F3N2O2/c1-17-8-3-2-7(14)4-6(8)5-15-9(16)10(11,12)13/h2-4H,5,14H2,1H3,(H,15,16). The molecule has 0 aliphatic carbocycles. The molecule has 0 radical (unpaired) electrons. The van der Waals surface area contributed by atoms with E-state index in [4.69, 9.17) is 10.5 Å². The van der Waals surface area contributed by atoms with Crippen LogP contribution in [-0.2, 0) is 11.3 Å². The summed E-state index contributed by atoms with van der Waals surface area (Å²) in [5.74, 6) is -1.64. The molecule has 0 saturated heterocycles. The molecule has 3 N–H and O–H groups in total. The van der Waals surface area contributed by atoms with Crippen LogP contribution in [0.1, 0.15) is 5.56 Å². The van der Waals surface area contributed by atoms with Crippen molar-refractivity contribution in [1.82, 2.24) is 5.32 Å². The Morgan fingerprint density at radius 1 is 1.47 bits per heavy atom. The Morgan fingerprint density at radius 3 is 2.65 bits per heavy atom. The molecule has 0 aliphatic rings. The van der Waals surface area contributed by atoms with Crippen LogP contribution in [0.3, 0.4) is 0 Å². The molecule has 1 aromatic carbocycles. The Hall–Kier alpha value is -1.92. The number of hydrogen-bond donors (Lipinski definition) is 2. The van der Waals surface area contributed by atoms with E-state index >= 15 is 0 Å². The first-order chi connectivity index (χ1) is 7.84. The van der Waals surface area contributed by atoms with Crippen molar-refractivity contribution in [3.05, 3.63) is 23.8 Å². The number of rotatable bonds is 3. The van der Waals surface area contributed by atoms with Gasteiger partial charge in [-0.2, -0.15) is 13.2 Å². The van der Waals surface area contributed by atoms with Crippen LogP contribution < -0.4 is 15.8 Å². The lowest BCUT2D eigenvalue weighted by Crippen LogP contribution is -2.36. The van der Waals surface area contributed by atoms with Gasteiger partial charge in [0.1, 0.15) is 5.75 Å². The molecule has 0 saturated carbocycles. The number of methoxy groups -OCH3 is 1. The van der Waals surface area contributed by atoms with Gasteiger partial charge in [-0.1, -0.05) is 0 Å². The summed E-state index contributed by atoms with van der Waals surface area (Å²) in [6, 6.07) is 4.51. The lowest BCUT2D eigenvalue weighted by Gasteiger charge is -2.11. The zero-order chi connectivity index (χ0) is 13.1. The number of carbonyl (C=O) groups excluding carboxylic acids is 1. The molecule has 4 nitrogen and oxygen atoms in total. The van der Waals surface area contributed by atoms with E-state index in [-0.39, 0.29) is 6.54 Å². The van der Waals surface area contributed by atoms with Crippen molar-refractivity contribution in [3.8, 4) is 5.75 Å². The van der Waals surface area contributed by atoms with Crippen LogP contribution in [0.2, 0.25) is 0 Å². The van der Waals surface area contributed by atoms with Gasteiger partial charge in [-0.05, 0) is 18.2 Å². The third kappa shape index (κ3) is 3.54. The van der Waals surface area contributed by atoms with E-state index in [1.165, 1.54) is 19.2 Å². The number of anilines is 1. The maximum absolute atomic E-state index is 11.9. The van der Waals surface area contributed by atoms with E-state index in [2.05, 4.69) is 0 Å². The van der Waals surface area contributed by atoms with E-state index in [9.17, 15) is 18.0 Å². The molecule has 94 valence electrons. The van der Waals surface area contributed by atoms with Gasteiger partial charge >= 0.3 is 12.1 Å². The van der Waals surface area contributed by atoms with Crippen molar-refractivity contribution < 1.29 is 22.7 Å². The van der Waals surface area contributed by atoms with Crippen LogP contribution in [0, 0.1) is 0 Å². The van der Waals surface area contributed by atoms with Gasteiger partial charge in [0.05, 0.1) is 7.11 Å². The molecule has 0 spiro atoms. The Bertz CT molecular complexity index is 419. The fraction of sp³-hybridized carbons (Fsp3) is 0.300. The summed E-state index contributed by atoms with van der Waals surface area (Å²) in [7, 11) is 1.38. The molecule has 0 bridgehead atoms. The van der Waals surface area contributed by atoms with Crippen LogP contribution in [0.4, 0.5) is 18.9 Å². The summed E-state index contributed by atoms with van der Waals surface area (Å²) < 4.78 is 40.8. The minimum atomic E-state index is -4.90. The van der Waals surface area contributed by atoms with Gasteiger partial charge < -0.3 is 15.8 Å². The largest absolute Gasteiger partial charge is 0.496 e. The summed E-state index contributed by atoms with van der Waals surface area (Å²) in [6.45, 7) is -0.299. The number of amides is 1. The van der Waals surface area contributed by atoms with Crippen LogP contribution in [0.15, 0.2) is 18.2 Å². The fourth-order valence-corrected chi connectivity index (χ4v) is 1.21. The van der Waals surface area contributed by atoms with Crippen molar-refractivity contribution in [3.63, 3.8) is 0 Å². The first-order valence-electron chi connectivity index (χ1n) is 4.62. The highest BCUT2D eigenvalue weighted by Crippen LogP contribution is 2.21. The van der Waals surface area contributed by atoms with Crippen LogP contribution >= 0.6 is 0 Å². The van der Waals surface area contributed by atoms with Gasteiger partial charge in [-0.3, -0.25) is 4.79 Å². The predicted octanol–water partition coefficient (Wildman–Crippen LogP) is 1.46. The molecule has 0 atom stereocenters. The third-order valence-corrected chi connectivity index (χ3v) is 2.00. The number of hydrogen-bond acceptors (Lipinski definition) is 3. The molecule has 0 heterocycles. The average molecular weight is 248 g/mol. The number of nitrogens with two attached hydrogens (primary N) is 1. The molecular weight excluding hydrogens is 237 g/mol. The second kappa shape index (κ2) is 4.94.